The standard InChI is InChI=1S/C11H9ClO3/c1-15-11(14)9-5-4-8(3-2-6-12)7-10(9)13/h4-5,7,13H,6H2,1H3. The Morgan fingerprint density at radius 3 is 2.87 bits per heavy atom. The van der Waals surface area contributed by atoms with Crippen LogP contribution in [0.3, 0.4) is 0 Å². The molecule has 78 valence electrons. The normalized spacial score (nSPS) is 8.93. The fraction of sp³-hybridized carbons (Fsp3) is 0.182. The quantitative estimate of drug-likeness (QED) is 0.449. The van der Waals surface area contributed by atoms with Crippen LogP contribution < -0.4 is 0 Å². The fourth-order valence-corrected chi connectivity index (χ4v) is 1.09. The zero-order valence-electron chi connectivity index (χ0n) is 8.08. The molecule has 15 heavy (non-hydrogen) atoms. The Bertz CT molecular complexity index is 429. The highest BCUT2D eigenvalue weighted by atomic mass is 35.5. The van der Waals surface area contributed by atoms with Crippen molar-refractivity contribution >= 4 is 17.6 Å². The minimum atomic E-state index is -0.579. The number of hydrogen-bond acceptors (Lipinski definition) is 3. The summed E-state index contributed by atoms with van der Waals surface area (Å²) in [6.45, 7) is 0. The summed E-state index contributed by atoms with van der Waals surface area (Å²) < 4.78 is 4.48. The molecule has 3 nitrogen and oxygen atoms in total. The average molecular weight is 225 g/mol. The van der Waals surface area contributed by atoms with Gasteiger partial charge in [-0.15, -0.1) is 11.6 Å². The summed E-state index contributed by atoms with van der Waals surface area (Å²) >= 11 is 5.39. The number of benzene rings is 1. The van der Waals surface area contributed by atoms with E-state index in [0.29, 0.717) is 5.56 Å². The summed E-state index contributed by atoms with van der Waals surface area (Å²) in [5.41, 5.74) is 0.717. The van der Waals surface area contributed by atoms with Crippen molar-refractivity contribution < 1.29 is 14.6 Å². The number of phenols is 1. The Hall–Kier alpha value is -1.66. The maximum Gasteiger partial charge on any atom is 0.341 e. The lowest BCUT2D eigenvalue weighted by Crippen LogP contribution is -2.01. The van der Waals surface area contributed by atoms with Crippen molar-refractivity contribution in [3.63, 3.8) is 0 Å². The molecule has 0 spiro atoms. The van der Waals surface area contributed by atoms with Gasteiger partial charge in [0.25, 0.3) is 0 Å². The van der Waals surface area contributed by atoms with Crippen molar-refractivity contribution in [1.82, 2.24) is 0 Å². The Morgan fingerprint density at radius 2 is 2.33 bits per heavy atom. The van der Waals surface area contributed by atoms with Gasteiger partial charge in [0.15, 0.2) is 0 Å². The van der Waals surface area contributed by atoms with Crippen LogP contribution in [0.5, 0.6) is 5.75 Å². The van der Waals surface area contributed by atoms with Crippen molar-refractivity contribution in [2.24, 2.45) is 0 Å². The lowest BCUT2D eigenvalue weighted by Gasteiger charge is -2.02. The molecule has 0 saturated heterocycles. The molecule has 1 rings (SSSR count). The molecule has 0 aliphatic heterocycles. The third-order valence-corrected chi connectivity index (χ3v) is 1.84. The molecule has 0 atom stereocenters. The van der Waals surface area contributed by atoms with Crippen LogP contribution in [-0.2, 0) is 4.74 Å². The molecule has 1 aromatic carbocycles. The molecule has 0 amide bonds. The SMILES string of the molecule is COC(=O)c1ccc(C#CCCl)cc1O. The molecule has 0 heterocycles. The number of phenolic OH excluding ortho intramolecular Hbond substituents is 1. The Labute approximate surface area is 92.6 Å². The molecular formula is C11H9ClO3. The second-order valence-corrected chi connectivity index (χ2v) is 2.93. The number of alkyl halides is 1. The van der Waals surface area contributed by atoms with E-state index in [0.717, 1.165) is 0 Å². The largest absolute Gasteiger partial charge is 0.507 e. The van der Waals surface area contributed by atoms with Gasteiger partial charge in [-0.05, 0) is 18.2 Å². The summed E-state index contributed by atoms with van der Waals surface area (Å²) in [5.74, 6) is 4.86. The van der Waals surface area contributed by atoms with Crippen molar-refractivity contribution in [2.75, 3.05) is 13.0 Å². The second-order valence-electron chi connectivity index (χ2n) is 2.66. The summed E-state index contributed by atoms with van der Waals surface area (Å²) in [4.78, 5) is 11.1. The molecule has 1 N–H and O–H groups in total. The highest BCUT2D eigenvalue weighted by molar-refractivity contribution is 6.19. The fourth-order valence-electron chi connectivity index (χ4n) is 1.03. The minimum absolute atomic E-state index is 0.119. The van der Waals surface area contributed by atoms with Crippen LogP contribution in [0.1, 0.15) is 15.9 Å². The Morgan fingerprint density at radius 1 is 1.60 bits per heavy atom. The van der Waals surface area contributed by atoms with E-state index in [-0.39, 0.29) is 17.2 Å². The maximum absolute atomic E-state index is 11.1. The second kappa shape index (κ2) is 5.28. The van der Waals surface area contributed by atoms with E-state index in [9.17, 15) is 9.90 Å². The highest BCUT2D eigenvalue weighted by Crippen LogP contribution is 2.19. The van der Waals surface area contributed by atoms with Crippen LogP contribution in [0.15, 0.2) is 18.2 Å². The predicted molar refractivity (Wildman–Crippen MR) is 57.0 cm³/mol. The van der Waals surface area contributed by atoms with Gasteiger partial charge in [0.05, 0.1) is 13.0 Å². The first kappa shape index (κ1) is 11.4. The van der Waals surface area contributed by atoms with Gasteiger partial charge in [-0.3, -0.25) is 0 Å². The van der Waals surface area contributed by atoms with Gasteiger partial charge in [0.1, 0.15) is 11.3 Å². The number of halogens is 1. The van der Waals surface area contributed by atoms with Crippen LogP contribution in [0, 0.1) is 11.8 Å². The van der Waals surface area contributed by atoms with Gasteiger partial charge in [0, 0.05) is 5.56 Å². The smallest absolute Gasteiger partial charge is 0.341 e. The van der Waals surface area contributed by atoms with E-state index >= 15 is 0 Å². The van der Waals surface area contributed by atoms with Crippen molar-refractivity contribution in [3.05, 3.63) is 29.3 Å². The Balaban J connectivity index is 3.03. The number of ether oxygens (including phenoxy) is 1. The van der Waals surface area contributed by atoms with Crippen LogP contribution >= 0.6 is 11.6 Å². The van der Waals surface area contributed by atoms with Crippen molar-refractivity contribution in [2.45, 2.75) is 0 Å². The van der Waals surface area contributed by atoms with Crippen LogP contribution in [0.25, 0.3) is 0 Å². The molecule has 1 aromatic rings. The van der Waals surface area contributed by atoms with Crippen molar-refractivity contribution in [3.8, 4) is 17.6 Å². The lowest BCUT2D eigenvalue weighted by molar-refractivity contribution is 0.0597. The van der Waals surface area contributed by atoms with E-state index in [1.54, 1.807) is 6.07 Å². The molecule has 0 saturated carbocycles. The van der Waals surface area contributed by atoms with Gasteiger partial charge < -0.3 is 9.84 Å². The number of methoxy groups -OCH3 is 1. The van der Waals surface area contributed by atoms with Crippen molar-refractivity contribution in [1.29, 1.82) is 0 Å². The minimum Gasteiger partial charge on any atom is -0.507 e. The van der Waals surface area contributed by atoms with E-state index in [1.807, 2.05) is 0 Å². The number of carbonyl (C=O) groups is 1. The average Bonchev–Trinajstić information content (AvgIpc) is 2.25. The third-order valence-electron chi connectivity index (χ3n) is 1.70. The van der Waals surface area contributed by atoms with Gasteiger partial charge in [-0.25, -0.2) is 4.79 Å². The van der Waals surface area contributed by atoms with E-state index in [1.165, 1.54) is 19.2 Å². The summed E-state index contributed by atoms with van der Waals surface area (Å²) in [6.07, 6.45) is 0. The van der Waals surface area contributed by atoms with Gasteiger partial charge in [-0.1, -0.05) is 11.8 Å². The van der Waals surface area contributed by atoms with E-state index in [2.05, 4.69) is 16.6 Å². The molecule has 0 fully saturated rings. The molecule has 0 aliphatic rings. The predicted octanol–water partition coefficient (Wildman–Crippen LogP) is 1.77. The third kappa shape index (κ3) is 2.90. The number of rotatable bonds is 1. The highest BCUT2D eigenvalue weighted by Gasteiger charge is 2.10. The molecule has 0 bridgehead atoms. The Kier molecular flexibility index (Phi) is 4.02. The van der Waals surface area contributed by atoms with Gasteiger partial charge >= 0.3 is 5.97 Å². The van der Waals surface area contributed by atoms with Crippen LogP contribution in [0.4, 0.5) is 0 Å². The monoisotopic (exact) mass is 224 g/mol. The first-order valence-corrected chi connectivity index (χ1v) is 4.68. The van der Waals surface area contributed by atoms with E-state index in [4.69, 9.17) is 11.6 Å². The zero-order chi connectivity index (χ0) is 11.3. The molecule has 4 heteroatoms. The molecule has 0 unspecified atom stereocenters. The molecule has 0 aliphatic carbocycles. The van der Waals surface area contributed by atoms with E-state index < -0.39 is 5.97 Å². The maximum atomic E-state index is 11.1. The first-order chi connectivity index (χ1) is 7.19. The van der Waals surface area contributed by atoms with Gasteiger partial charge in [-0.2, -0.15) is 0 Å². The van der Waals surface area contributed by atoms with Crippen LogP contribution in [-0.4, -0.2) is 24.1 Å². The number of hydrogen-bond donors (Lipinski definition) is 1. The molecular weight excluding hydrogens is 216 g/mol. The molecule has 0 aromatic heterocycles. The number of esters is 1. The number of aromatic hydroxyl groups is 1. The first-order valence-electron chi connectivity index (χ1n) is 4.15. The summed E-state index contributed by atoms with van der Waals surface area (Å²) in [5, 5.41) is 9.49. The van der Waals surface area contributed by atoms with Gasteiger partial charge in [0.2, 0.25) is 0 Å². The zero-order valence-corrected chi connectivity index (χ0v) is 8.84. The number of carbonyl (C=O) groups excluding carboxylic acids is 1. The van der Waals surface area contributed by atoms with Crippen LogP contribution in [0.2, 0.25) is 0 Å². The summed E-state index contributed by atoms with van der Waals surface area (Å²) in [7, 11) is 1.25. The topological polar surface area (TPSA) is 46.5 Å². The molecule has 0 radical (unpaired) electrons. The summed E-state index contributed by atoms with van der Waals surface area (Å²) in [6, 6.07) is 4.47. The lowest BCUT2D eigenvalue weighted by atomic mass is 10.1.